The molecule has 0 bridgehead atoms. The van der Waals surface area contributed by atoms with Gasteiger partial charge in [-0.3, -0.25) is 9.59 Å². The third kappa shape index (κ3) is 5.66. The molecule has 0 saturated carbocycles. The number of carbonyl (C=O) groups is 2. The van der Waals surface area contributed by atoms with Crippen molar-refractivity contribution in [3.63, 3.8) is 0 Å². The third-order valence-electron chi connectivity index (χ3n) is 4.71. The normalized spacial score (nSPS) is 11.4. The van der Waals surface area contributed by atoms with Crippen LogP contribution in [0.2, 0.25) is 0 Å². The Morgan fingerprint density at radius 2 is 1.62 bits per heavy atom. The minimum atomic E-state index is -1.12. The average molecular weight is 437 g/mol. The number of rotatable bonds is 7. The van der Waals surface area contributed by atoms with Gasteiger partial charge in [-0.05, 0) is 42.8 Å². The zero-order valence-electron chi connectivity index (χ0n) is 17.5. The lowest BCUT2D eigenvalue weighted by Crippen LogP contribution is -2.35. The Balaban J connectivity index is 1.74. The first-order valence-electron chi connectivity index (χ1n) is 9.75. The van der Waals surface area contributed by atoms with Crippen molar-refractivity contribution in [2.24, 2.45) is 7.05 Å². The maximum absolute atomic E-state index is 12.4. The minimum Gasteiger partial charge on any atom is -0.505 e. The van der Waals surface area contributed by atoms with E-state index in [0.29, 0.717) is 17.1 Å². The molecule has 0 fully saturated rings. The number of aryl methyl sites for hydroxylation is 2. The fraction of sp³-hybridized carbons (Fsp3) is 0.174. The fourth-order valence-electron chi connectivity index (χ4n) is 2.98. The van der Waals surface area contributed by atoms with E-state index in [2.05, 4.69) is 10.6 Å². The highest BCUT2D eigenvalue weighted by molar-refractivity contribution is 5.91. The fourth-order valence-corrected chi connectivity index (χ4v) is 2.98. The molecule has 0 saturated heterocycles. The number of urea groups is 1. The number of carboxylic acid groups (broad SMARTS) is 1. The van der Waals surface area contributed by atoms with E-state index in [4.69, 9.17) is 4.74 Å². The number of benzene rings is 2. The average Bonchev–Trinajstić information content (AvgIpc) is 2.75. The van der Waals surface area contributed by atoms with Gasteiger partial charge in [0.15, 0.2) is 5.69 Å². The molecule has 4 N–H and O–H groups in total. The summed E-state index contributed by atoms with van der Waals surface area (Å²) < 4.78 is 6.96. The quantitative estimate of drug-likeness (QED) is 0.447. The van der Waals surface area contributed by atoms with Crippen LogP contribution < -0.4 is 20.9 Å². The lowest BCUT2D eigenvalue weighted by Gasteiger charge is -2.18. The van der Waals surface area contributed by atoms with E-state index < -0.39 is 29.4 Å². The molecular weight excluding hydrogens is 414 g/mol. The van der Waals surface area contributed by atoms with Gasteiger partial charge in [-0.1, -0.05) is 29.8 Å². The van der Waals surface area contributed by atoms with Crippen LogP contribution in [0.3, 0.4) is 0 Å². The SMILES string of the molecule is Cc1ccc(Oc2ccc([C@H](CC(=O)O)NC(=O)Nc3c(O)ccn(C)c3=O)cc2)cc1. The second-order valence-corrected chi connectivity index (χ2v) is 7.23. The number of aromatic nitrogens is 1. The van der Waals surface area contributed by atoms with Crippen LogP contribution in [0.5, 0.6) is 17.2 Å². The van der Waals surface area contributed by atoms with E-state index in [-0.39, 0.29) is 12.1 Å². The first-order chi connectivity index (χ1) is 15.2. The van der Waals surface area contributed by atoms with Gasteiger partial charge in [-0.15, -0.1) is 0 Å². The molecule has 2 aromatic carbocycles. The molecular formula is C23H23N3O6. The Morgan fingerprint density at radius 3 is 2.22 bits per heavy atom. The van der Waals surface area contributed by atoms with E-state index in [1.165, 1.54) is 23.9 Å². The van der Waals surface area contributed by atoms with Crippen LogP contribution in [-0.4, -0.2) is 26.8 Å². The molecule has 1 atom stereocenters. The van der Waals surface area contributed by atoms with Gasteiger partial charge < -0.3 is 30.2 Å². The lowest BCUT2D eigenvalue weighted by atomic mass is 10.0. The van der Waals surface area contributed by atoms with Gasteiger partial charge in [0.2, 0.25) is 0 Å². The molecule has 0 unspecified atom stereocenters. The number of carboxylic acids is 1. The van der Waals surface area contributed by atoms with Gasteiger partial charge in [-0.2, -0.15) is 0 Å². The largest absolute Gasteiger partial charge is 0.505 e. The van der Waals surface area contributed by atoms with E-state index >= 15 is 0 Å². The molecule has 0 radical (unpaired) electrons. The van der Waals surface area contributed by atoms with Crippen LogP contribution in [0.25, 0.3) is 0 Å². The first kappa shape index (κ1) is 22.4. The summed E-state index contributed by atoms with van der Waals surface area (Å²) in [4.78, 5) is 35.9. The molecule has 0 aliphatic carbocycles. The van der Waals surface area contributed by atoms with Crippen LogP contribution in [-0.2, 0) is 11.8 Å². The summed E-state index contributed by atoms with van der Waals surface area (Å²) in [5.74, 6) is -0.301. The van der Waals surface area contributed by atoms with Crippen LogP contribution >= 0.6 is 0 Å². The van der Waals surface area contributed by atoms with E-state index in [0.717, 1.165) is 5.56 Å². The molecule has 32 heavy (non-hydrogen) atoms. The molecule has 0 aliphatic rings. The van der Waals surface area contributed by atoms with Crippen molar-refractivity contribution < 1.29 is 24.5 Å². The van der Waals surface area contributed by atoms with Crippen LogP contribution in [0.1, 0.15) is 23.6 Å². The van der Waals surface area contributed by atoms with Crippen molar-refractivity contribution in [2.75, 3.05) is 5.32 Å². The van der Waals surface area contributed by atoms with E-state index in [9.17, 15) is 24.6 Å². The summed E-state index contributed by atoms with van der Waals surface area (Å²) in [5, 5.41) is 23.9. The number of nitrogens with zero attached hydrogens (tertiary/aromatic N) is 1. The Bertz CT molecular complexity index is 1170. The van der Waals surface area contributed by atoms with Gasteiger partial charge >= 0.3 is 12.0 Å². The number of pyridine rings is 1. The molecule has 1 heterocycles. The Morgan fingerprint density at radius 1 is 1.03 bits per heavy atom. The summed E-state index contributed by atoms with van der Waals surface area (Å²) in [7, 11) is 1.47. The number of anilines is 1. The zero-order chi connectivity index (χ0) is 23.3. The Labute approximate surface area is 183 Å². The molecule has 0 spiro atoms. The second kappa shape index (κ2) is 9.69. The van der Waals surface area contributed by atoms with Crippen molar-refractivity contribution in [3.05, 3.63) is 82.3 Å². The smallest absolute Gasteiger partial charge is 0.319 e. The summed E-state index contributed by atoms with van der Waals surface area (Å²) in [6.07, 6.45) is 0.971. The molecule has 3 aromatic rings. The number of hydrogen-bond acceptors (Lipinski definition) is 5. The highest BCUT2D eigenvalue weighted by atomic mass is 16.5. The van der Waals surface area contributed by atoms with Crippen LogP contribution in [0.4, 0.5) is 10.5 Å². The summed E-state index contributed by atoms with van der Waals surface area (Å²) in [6, 6.07) is 13.7. The van der Waals surface area contributed by atoms with Crippen molar-refractivity contribution in [1.82, 2.24) is 9.88 Å². The maximum atomic E-state index is 12.4. The van der Waals surface area contributed by atoms with Crippen molar-refractivity contribution in [2.45, 2.75) is 19.4 Å². The monoisotopic (exact) mass is 437 g/mol. The van der Waals surface area contributed by atoms with Gasteiger partial charge in [0.25, 0.3) is 5.56 Å². The number of amides is 2. The summed E-state index contributed by atoms with van der Waals surface area (Å²) in [5.41, 5.74) is 0.732. The van der Waals surface area contributed by atoms with Gasteiger partial charge in [0, 0.05) is 13.2 Å². The molecule has 2 amide bonds. The number of nitrogens with one attached hydrogen (secondary N) is 2. The number of aliphatic carboxylic acids is 1. The standard InChI is InChI=1S/C23H23N3O6/c1-14-3-7-16(8-4-14)32-17-9-5-15(6-10-17)18(13-20(28)29)24-23(31)25-21-19(27)11-12-26(2)22(21)30/h3-12,18,27H,13H2,1-2H3,(H,28,29)(H2,24,25,31)/t18-/m0/s1. The van der Waals surface area contributed by atoms with E-state index in [1.54, 1.807) is 24.3 Å². The van der Waals surface area contributed by atoms with Gasteiger partial charge in [-0.25, -0.2) is 4.79 Å². The summed E-state index contributed by atoms with van der Waals surface area (Å²) in [6.45, 7) is 1.97. The highest BCUT2D eigenvalue weighted by Crippen LogP contribution is 2.25. The van der Waals surface area contributed by atoms with Crippen molar-refractivity contribution in [1.29, 1.82) is 0 Å². The van der Waals surface area contributed by atoms with Crippen LogP contribution in [0, 0.1) is 6.92 Å². The second-order valence-electron chi connectivity index (χ2n) is 7.23. The third-order valence-corrected chi connectivity index (χ3v) is 4.71. The topological polar surface area (TPSA) is 130 Å². The summed E-state index contributed by atoms with van der Waals surface area (Å²) >= 11 is 0. The lowest BCUT2D eigenvalue weighted by molar-refractivity contribution is -0.137. The highest BCUT2D eigenvalue weighted by Gasteiger charge is 2.20. The number of carbonyl (C=O) groups excluding carboxylic acids is 1. The zero-order valence-corrected chi connectivity index (χ0v) is 17.5. The van der Waals surface area contributed by atoms with Gasteiger partial charge in [0.1, 0.15) is 17.2 Å². The van der Waals surface area contributed by atoms with Crippen molar-refractivity contribution >= 4 is 17.7 Å². The minimum absolute atomic E-state index is 0.302. The predicted molar refractivity (Wildman–Crippen MR) is 118 cm³/mol. The molecule has 166 valence electrons. The van der Waals surface area contributed by atoms with E-state index in [1.807, 2.05) is 31.2 Å². The molecule has 0 aliphatic heterocycles. The maximum Gasteiger partial charge on any atom is 0.319 e. The number of hydrogen-bond donors (Lipinski definition) is 4. The van der Waals surface area contributed by atoms with Crippen molar-refractivity contribution in [3.8, 4) is 17.2 Å². The Kier molecular flexibility index (Phi) is 6.79. The molecule has 9 nitrogen and oxygen atoms in total. The molecule has 3 rings (SSSR count). The molecule has 1 aromatic heterocycles. The number of aromatic hydroxyl groups is 1. The molecule has 9 heteroatoms. The number of ether oxygens (including phenoxy) is 1. The van der Waals surface area contributed by atoms with Crippen LogP contribution in [0.15, 0.2) is 65.6 Å². The predicted octanol–water partition coefficient (Wildman–Crippen LogP) is 3.53. The first-order valence-corrected chi connectivity index (χ1v) is 9.75. The Hall–Kier alpha value is -4.27. The van der Waals surface area contributed by atoms with Gasteiger partial charge in [0.05, 0.1) is 12.5 Å².